The third-order valence-corrected chi connectivity index (χ3v) is 3.87. The van der Waals surface area contributed by atoms with E-state index < -0.39 is 30.2 Å². The molecule has 1 aromatic carbocycles. The predicted molar refractivity (Wildman–Crippen MR) is 89.3 cm³/mol. The lowest BCUT2D eigenvalue weighted by atomic mass is 9.87. The van der Waals surface area contributed by atoms with E-state index in [9.17, 15) is 27.9 Å². The van der Waals surface area contributed by atoms with E-state index in [2.05, 4.69) is 15.0 Å². The standard InChI is InChI=1S/C18H17F3N2O4/c1-2-17(16(25)26,13-6-4-3-5-7-13)23-15(24)12-8-9-14(22-10-12)27-11-18(19,20)21/h3-10H,2,11H2,1H3,(H,23,24)(H,25,26). The molecule has 0 aliphatic carbocycles. The molecule has 6 nitrogen and oxygen atoms in total. The minimum atomic E-state index is -4.50. The minimum Gasteiger partial charge on any atom is -0.479 e. The number of nitrogens with zero attached hydrogens (tertiary/aromatic N) is 1. The summed E-state index contributed by atoms with van der Waals surface area (Å²) >= 11 is 0. The van der Waals surface area contributed by atoms with Crippen LogP contribution in [0.25, 0.3) is 0 Å². The van der Waals surface area contributed by atoms with Gasteiger partial charge in [-0.05, 0) is 18.1 Å². The average Bonchev–Trinajstić information content (AvgIpc) is 2.64. The maximum absolute atomic E-state index is 12.5. The van der Waals surface area contributed by atoms with Crippen molar-refractivity contribution in [3.63, 3.8) is 0 Å². The van der Waals surface area contributed by atoms with E-state index in [1.165, 1.54) is 6.07 Å². The highest BCUT2D eigenvalue weighted by molar-refractivity contribution is 5.98. The Balaban J connectivity index is 2.19. The summed E-state index contributed by atoms with van der Waals surface area (Å²) in [5, 5.41) is 12.2. The smallest absolute Gasteiger partial charge is 0.422 e. The third kappa shape index (κ3) is 4.96. The Morgan fingerprint density at radius 3 is 2.30 bits per heavy atom. The molecule has 1 heterocycles. The molecule has 0 spiro atoms. The van der Waals surface area contributed by atoms with Crippen LogP contribution in [0.1, 0.15) is 29.3 Å². The highest BCUT2D eigenvalue weighted by atomic mass is 19.4. The number of halogens is 3. The van der Waals surface area contributed by atoms with Crippen molar-refractivity contribution in [2.75, 3.05) is 6.61 Å². The number of carboxylic acids is 1. The fraction of sp³-hybridized carbons (Fsp3) is 0.278. The highest BCUT2D eigenvalue weighted by Crippen LogP contribution is 2.26. The summed E-state index contributed by atoms with van der Waals surface area (Å²) in [5.74, 6) is -2.26. The topological polar surface area (TPSA) is 88.5 Å². The lowest BCUT2D eigenvalue weighted by Gasteiger charge is -2.30. The largest absolute Gasteiger partial charge is 0.479 e. The van der Waals surface area contributed by atoms with E-state index in [1.54, 1.807) is 37.3 Å². The van der Waals surface area contributed by atoms with Gasteiger partial charge < -0.3 is 15.2 Å². The number of aliphatic carboxylic acids is 1. The molecule has 0 radical (unpaired) electrons. The van der Waals surface area contributed by atoms with Gasteiger partial charge in [0.15, 0.2) is 12.1 Å². The van der Waals surface area contributed by atoms with Gasteiger partial charge in [0.1, 0.15) is 0 Å². The van der Waals surface area contributed by atoms with Crippen molar-refractivity contribution in [2.45, 2.75) is 25.1 Å². The van der Waals surface area contributed by atoms with Crippen LogP contribution in [0.5, 0.6) is 5.88 Å². The number of ether oxygens (including phenoxy) is 1. The number of benzene rings is 1. The van der Waals surface area contributed by atoms with Crippen molar-refractivity contribution in [2.24, 2.45) is 0 Å². The number of alkyl halides is 3. The van der Waals surface area contributed by atoms with Gasteiger partial charge in [-0.2, -0.15) is 13.2 Å². The molecule has 2 N–H and O–H groups in total. The fourth-order valence-electron chi connectivity index (χ4n) is 2.44. The van der Waals surface area contributed by atoms with Crippen LogP contribution in [0, 0.1) is 0 Å². The average molecular weight is 382 g/mol. The molecular formula is C18H17F3N2O4. The van der Waals surface area contributed by atoms with E-state index in [4.69, 9.17) is 0 Å². The number of carboxylic acid groups (broad SMARTS) is 1. The molecule has 2 aromatic rings. The van der Waals surface area contributed by atoms with Crippen molar-refractivity contribution >= 4 is 11.9 Å². The lowest BCUT2D eigenvalue weighted by molar-refractivity contribution is -0.154. The van der Waals surface area contributed by atoms with Gasteiger partial charge in [-0.15, -0.1) is 0 Å². The molecular weight excluding hydrogens is 365 g/mol. The van der Waals surface area contributed by atoms with Crippen molar-refractivity contribution < 1.29 is 32.6 Å². The van der Waals surface area contributed by atoms with Crippen molar-refractivity contribution in [1.29, 1.82) is 0 Å². The van der Waals surface area contributed by atoms with Crippen LogP contribution in [0.2, 0.25) is 0 Å². The molecule has 27 heavy (non-hydrogen) atoms. The second kappa shape index (κ2) is 8.07. The van der Waals surface area contributed by atoms with Gasteiger partial charge in [0.05, 0.1) is 5.56 Å². The van der Waals surface area contributed by atoms with Crippen molar-refractivity contribution in [1.82, 2.24) is 10.3 Å². The van der Waals surface area contributed by atoms with Crippen LogP contribution in [0.15, 0.2) is 48.7 Å². The predicted octanol–water partition coefficient (Wildman–Crippen LogP) is 3.14. The Labute approximate surface area is 153 Å². The Hall–Kier alpha value is -3.10. The van der Waals surface area contributed by atoms with Crippen LogP contribution in [0.4, 0.5) is 13.2 Å². The van der Waals surface area contributed by atoms with Gasteiger partial charge in [-0.25, -0.2) is 9.78 Å². The number of pyridine rings is 1. The van der Waals surface area contributed by atoms with Gasteiger partial charge in [-0.1, -0.05) is 37.3 Å². The van der Waals surface area contributed by atoms with Gasteiger partial charge in [-0.3, -0.25) is 4.79 Å². The maximum atomic E-state index is 12.5. The SMILES string of the molecule is CCC(NC(=O)c1ccc(OCC(F)(F)F)nc1)(C(=O)O)c1ccccc1. The van der Waals surface area contributed by atoms with Crippen molar-refractivity contribution in [3.05, 3.63) is 59.8 Å². The molecule has 1 aromatic heterocycles. The Morgan fingerprint density at radius 1 is 1.15 bits per heavy atom. The first-order chi connectivity index (χ1) is 12.7. The number of carbonyl (C=O) groups is 2. The minimum absolute atomic E-state index is 0.00985. The van der Waals surface area contributed by atoms with Crippen LogP contribution in [-0.4, -0.2) is 34.8 Å². The normalized spacial score (nSPS) is 13.5. The Morgan fingerprint density at radius 2 is 1.81 bits per heavy atom. The van der Waals surface area contributed by atoms with Crippen LogP contribution in [-0.2, 0) is 10.3 Å². The van der Waals surface area contributed by atoms with E-state index in [1.807, 2.05) is 0 Å². The van der Waals surface area contributed by atoms with Gasteiger partial charge >= 0.3 is 12.1 Å². The summed E-state index contributed by atoms with van der Waals surface area (Å²) in [5.41, 5.74) is -1.26. The molecule has 2 rings (SSSR count). The summed E-state index contributed by atoms with van der Waals surface area (Å²) in [6.07, 6.45) is -3.40. The first-order valence-corrected chi connectivity index (χ1v) is 7.95. The first-order valence-electron chi connectivity index (χ1n) is 7.95. The zero-order valence-corrected chi connectivity index (χ0v) is 14.3. The summed E-state index contributed by atoms with van der Waals surface area (Å²) in [7, 11) is 0. The quantitative estimate of drug-likeness (QED) is 0.768. The molecule has 1 atom stereocenters. The van der Waals surface area contributed by atoms with E-state index >= 15 is 0 Å². The van der Waals surface area contributed by atoms with Gasteiger partial charge in [0.2, 0.25) is 5.88 Å². The number of amides is 1. The molecule has 1 unspecified atom stereocenters. The van der Waals surface area contributed by atoms with E-state index in [-0.39, 0.29) is 17.9 Å². The monoisotopic (exact) mass is 382 g/mol. The first kappa shape index (κ1) is 20.2. The summed E-state index contributed by atoms with van der Waals surface area (Å²) in [6, 6.07) is 10.5. The molecule has 0 saturated carbocycles. The molecule has 1 amide bonds. The fourth-order valence-corrected chi connectivity index (χ4v) is 2.44. The molecule has 0 aliphatic heterocycles. The van der Waals surface area contributed by atoms with Gasteiger partial charge in [0, 0.05) is 12.3 Å². The van der Waals surface area contributed by atoms with Crippen LogP contribution < -0.4 is 10.1 Å². The van der Waals surface area contributed by atoms with E-state index in [0.717, 1.165) is 12.3 Å². The number of hydrogen-bond acceptors (Lipinski definition) is 4. The lowest BCUT2D eigenvalue weighted by Crippen LogP contribution is -2.51. The zero-order chi connectivity index (χ0) is 20.1. The summed E-state index contributed by atoms with van der Waals surface area (Å²) in [6.45, 7) is 0.116. The number of nitrogens with one attached hydrogen (secondary N) is 1. The number of hydrogen-bond donors (Lipinski definition) is 2. The summed E-state index contributed by atoms with van der Waals surface area (Å²) in [4.78, 5) is 28.0. The molecule has 0 bridgehead atoms. The Bertz CT molecular complexity index is 795. The Kier molecular flexibility index (Phi) is 6.04. The maximum Gasteiger partial charge on any atom is 0.422 e. The van der Waals surface area contributed by atoms with Gasteiger partial charge in [0.25, 0.3) is 5.91 Å². The molecule has 9 heteroatoms. The number of carbonyl (C=O) groups excluding carboxylic acids is 1. The van der Waals surface area contributed by atoms with Crippen LogP contribution in [0.3, 0.4) is 0 Å². The van der Waals surface area contributed by atoms with E-state index in [0.29, 0.717) is 5.56 Å². The molecule has 0 aliphatic rings. The van der Waals surface area contributed by atoms with Crippen molar-refractivity contribution in [3.8, 4) is 5.88 Å². The second-order valence-corrected chi connectivity index (χ2v) is 5.67. The zero-order valence-electron chi connectivity index (χ0n) is 14.3. The molecule has 0 fully saturated rings. The molecule has 0 saturated heterocycles. The number of aromatic nitrogens is 1. The number of rotatable bonds is 7. The summed E-state index contributed by atoms with van der Waals surface area (Å²) < 4.78 is 40.9. The third-order valence-electron chi connectivity index (χ3n) is 3.87. The van der Waals surface area contributed by atoms with Crippen LogP contribution >= 0.6 is 0 Å². The second-order valence-electron chi connectivity index (χ2n) is 5.67. The molecule has 144 valence electrons. The highest BCUT2D eigenvalue weighted by Gasteiger charge is 2.40.